The Hall–Kier alpha value is -2.28. The topological polar surface area (TPSA) is 69.2 Å². The molecule has 1 aromatic heterocycles. The van der Waals surface area contributed by atoms with Crippen molar-refractivity contribution in [2.75, 3.05) is 6.54 Å². The third-order valence-corrected chi connectivity index (χ3v) is 3.61. The number of H-pyrrole nitrogens is 1. The van der Waals surface area contributed by atoms with E-state index in [0.29, 0.717) is 11.1 Å². The molecule has 1 fully saturated rings. The molecule has 5 nitrogen and oxygen atoms in total. The number of hydrogen-bond donors (Lipinski definition) is 2. The number of halogens is 2. The van der Waals surface area contributed by atoms with Crippen molar-refractivity contribution in [3.63, 3.8) is 0 Å². The summed E-state index contributed by atoms with van der Waals surface area (Å²) in [5.41, 5.74) is 0.818. The van der Waals surface area contributed by atoms with Gasteiger partial charge in [0.25, 0.3) is 5.91 Å². The zero-order valence-corrected chi connectivity index (χ0v) is 11.0. The zero-order valence-electron chi connectivity index (χ0n) is 11.0. The lowest BCUT2D eigenvalue weighted by molar-refractivity contribution is 0.0715. The summed E-state index contributed by atoms with van der Waals surface area (Å²) in [6, 6.07) is 3.03. The second-order valence-corrected chi connectivity index (χ2v) is 5.02. The first-order chi connectivity index (χ1) is 10.1. The molecule has 2 aromatic rings. The molecule has 0 unspecified atom stereocenters. The lowest BCUT2D eigenvalue weighted by Gasteiger charge is -2.24. The molecule has 3 rings (SSSR count). The SMILES string of the molecule is O=C(c1cn[nH]c1)N1C[C@@H](O)C[C@H]1c1ccc(F)c(F)c1. The molecule has 21 heavy (non-hydrogen) atoms. The van der Waals surface area contributed by atoms with Crippen LogP contribution in [0.4, 0.5) is 8.78 Å². The lowest BCUT2D eigenvalue weighted by Crippen LogP contribution is -2.31. The zero-order chi connectivity index (χ0) is 15.0. The smallest absolute Gasteiger partial charge is 0.257 e. The third kappa shape index (κ3) is 2.52. The number of nitrogens with one attached hydrogen (secondary N) is 1. The van der Waals surface area contributed by atoms with Crippen LogP contribution in [-0.4, -0.2) is 38.8 Å². The van der Waals surface area contributed by atoms with Crippen molar-refractivity contribution >= 4 is 5.91 Å². The van der Waals surface area contributed by atoms with Gasteiger partial charge in [0.1, 0.15) is 0 Å². The van der Waals surface area contributed by atoms with Gasteiger partial charge in [0, 0.05) is 12.7 Å². The van der Waals surface area contributed by atoms with Gasteiger partial charge in [-0.2, -0.15) is 5.10 Å². The van der Waals surface area contributed by atoms with Crippen LogP contribution in [0.25, 0.3) is 0 Å². The molecule has 0 spiro atoms. The van der Waals surface area contributed by atoms with Crippen LogP contribution in [0.5, 0.6) is 0 Å². The number of aliphatic hydroxyl groups is 1. The Balaban J connectivity index is 1.92. The van der Waals surface area contributed by atoms with Crippen LogP contribution in [0.3, 0.4) is 0 Å². The summed E-state index contributed by atoms with van der Waals surface area (Å²) >= 11 is 0. The van der Waals surface area contributed by atoms with Gasteiger partial charge in [-0.05, 0) is 24.1 Å². The number of β-amino-alcohol motifs (C(OH)–C–C–N with tert-alkyl or cyclic N) is 1. The van der Waals surface area contributed by atoms with Crippen LogP contribution in [0, 0.1) is 11.6 Å². The van der Waals surface area contributed by atoms with Gasteiger partial charge in [-0.1, -0.05) is 6.07 Å². The summed E-state index contributed by atoms with van der Waals surface area (Å²) < 4.78 is 26.4. The molecule has 0 saturated carbocycles. The Morgan fingerprint density at radius 1 is 1.38 bits per heavy atom. The first-order valence-electron chi connectivity index (χ1n) is 6.49. The number of aromatic amines is 1. The summed E-state index contributed by atoms with van der Waals surface area (Å²) in [6.07, 6.45) is 2.43. The first-order valence-corrected chi connectivity index (χ1v) is 6.49. The van der Waals surface area contributed by atoms with Gasteiger partial charge < -0.3 is 10.0 Å². The molecular weight excluding hydrogens is 280 g/mol. The minimum Gasteiger partial charge on any atom is -0.391 e. The van der Waals surface area contributed by atoms with E-state index in [4.69, 9.17) is 0 Å². The number of hydrogen-bond acceptors (Lipinski definition) is 3. The Bertz CT molecular complexity index is 660. The fourth-order valence-electron chi connectivity index (χ4n) is 2.61. The lowest BCUT2D eigenvalue weighted by atomic mass is 10.0. The van der Waals surface area contributed by atoms with E-state index in [1.807, 2.05) is 0 Å². The Morgan fingerprint density at radius 3 is 2.86 bits per heavy atom. The van der Waals surface area contributed by atoms with E-state index in [9.17, 15) is 18.7 Å². The van der Waals surface area contributed by atoms with Crippen molar-refractivity contribution in [1.29, 1.82) is 0 Å². The average molecular weight is 293 g/mol. The quantitative estimate of drug-likeness (QED) is 0.884. The largest absolute Gasteiger partial charge is 0.391 e. The van der Waals surface area contributed by atoms with Gasteiger partial charge in [-0.15, -0.1) is 0 Å². The van der Waals surface area contributed by atoms with Crippen LogP contribution in [0.15, 0.2) is 30.6 Å². The van der Waals surface area contributed by atoms with Gasteiger partial charge in [0.15, 0.2) is 11.6 Å². The standard InChI is InChI=1S/C14H13F2N3O2/c15-11-2-1-8(3-12(11)16)13-4-10(20)7-19(13)14(21)9-5-17-18-6-9/h1-3,5-6,10,13,20H,4,7H2,(H,17,18)/t10-,13-/m0/s1. The number of rotatable bonds is 2. The van der Waals surface area contributed by atoms with Gasteiger partial charge >= 0.3 is 0 Å². The van der Waals surface area contributed by atoms with Crippen molar-refractivity contribution in [1.82, 2.24) is 15.1 Å². The van der Waals surface area contributed by atoms with Crippen LogP contribution in [0.2, 0.25) is 0 Å². The minimum absolute atomic E-state index is 0.147. The normalized spacial score (nSPS) is 21.8. The summed E-state index contributed by atoms with van der Waals surface area (Å²) in [7, 11) is 0. The molecule has 1 aliphatic rings. The Kier molecular flexibility index (Phi) is 3.42. The van der Waals surface area contributed by atoms with E-state index in [1.54, 1.807) is 0 Å². The Labute approximate surface area is 119 Å². The van der Waals surface area contributed by atoms with Crippen molar-refractivity contribution in [3.8, 4) is 0 Å². The highest BCUT2D eigenvalue weighted by molar-refractivity contribution is 5.94. The van der Waals surface area contributed by atoms with E-state index in [1.165, 1.54) is 23.4 Å². The molecule has 1 aromatic carbocycles. The molecule has 1 saturated heterocycles. The maximum absolute atomic E-state index is 13.4. The summed E-state index contributed by atoms with van der Waals surface area (Å²) in [5, 5.41) is 16.1. The number of likely N-dealkylation sites (tertiary alicyclic amines) is 1. The van der Waals surface area contributed by atoms with E-state index in [-0.39, 0.29) is 18.9 Å². The molecule has 2 heterocycles. The maximum Gasteiger partial charge on any atom is 0.257 e. The highest BCUT2D eigenvalue weighted by atomic mass is 19.2. The predicted molar refractivity (Wildman–Crippen MR) is 69.3 cm³/mol. The molecule has 2 N–H and O–H groups in total. The third-order valence-electron chi connectivity index (χ3n) is 3.61. The second-order valence-electron chi connectivity index (χ2n) is 5.02. The molecule has 1 amide bonds. The van der Waals surface area contributed by atoms with Crippen LogP contribution >= 0.6 is 0 Å². The second kappa shape index (κ2) is 5.25. The van der Waals surface area contributed by atoms with Crippen molar-refractivity contribution < 1.29 is 18.7 Å². The monoisotopic (exact) mass is 293 g/mol. The summed E-state index contributed by atoms with van der Waals surface area (Å²) in [5.74, 6) is -2.22. The van der Waals surface area contributed by atoms with Gasteiger partial charge in [0.2, 0.25) is 0 Å². The van der Waals surface area contributed by atoms with Crippen LogP contribution in [0.1, 0.15) is 28.4 Å². The average Bonchev–Trinajstić information content (AvgIpc) is 3.10. The fraction of sp³-hybridized carbons (Fsp3) is 0.286. The van der Waals surface area contributed by atoms with Gasteiger partial charge in [0.05, 0.1) is 23.9 Å². The highest BCUT2D eigenvalue weighted by Crippen LogP contribution is 2.33. The van der Waals surface area contributed by atoms with Crippen molar-refractivity contribution in [2.45, 2.75) is 18.6 Å². The molecule has 7 heteroatoms. The maximum atomic E-state index is 13.4. The minimum atomic E-state index is -0.968. The fourth-order valence-corrected chi connectivity index (χ4v) is 2.61. The molecule has 0 aliphatic carbocycles. The molecule has 1 aliphatic heterocycles. The van der Waals surface area contributed by atoms with Crippen molar-refractivity contribution in [2.24, 2.45) is 0 Å². The van der Waals surface area contributed by atoms with Crippen LogP contribution in [-0.2, 0) is 0 Å². The number of carbonyl (C=O) groups is 1. The highest BCUT2D eigenvalue weighted by Gasteiger charge is 2.36. The molecular formula is C14H13F2N3O2. The number of carbonyl (C=O) groups excluding carboxylic acids is 1. The molecule has 110 valence electrons. The molecule has 0 bridgehead atoms. The van der Waals surface area contributed by atoms with Gasteiger partial charge in [-0.25, -0.2) is 8.78 Å². The molecule has 0 radical (unpaired) electrons. The van der Waals surface area contributed by atoms with Gasteiger partial charge in [-0.3, -0.25) is 9.89 Å². The van der Waals surface area contributed by atoms with E-state index < -0.39 is 23.8 Å². The van der Waals surface area contributed by atoms with E-state index in [0.717, 1.165) is 12.1 Å². The van der Waals surface area contributed by atoms with Crippen molar-refractivity contribution in [3.05, 3.63) is 53.4 Å². The number of nitrogens with zero attached hydrogens (tertiary/aromatic N) is 2. The Morgan fingerprint density at radius 2 is 2.19 bits per heavy atom. The predicted octanol–water partition coefficient (Wildman–Crippen LogP) is 1.64. The summed E-state index contributed by atoms with van der Waals surface area (Å²) in [4.78, 5) is 13.8. The van der Waals surface area contributed by atoms with E-state index >= 15 is 0 Å². The number of aliphatic hydroxyl groups excluding tert-OH is 1. The number of amides is 1. The van der Waals surface area contributed by atoms with E-state index in [2.05, 4.69) is 10.2 Å². The number of benzene rings is 1. The molecule has 2 atom stereocenters. The summed E-state index contributed by atoms with van der Waals surface area (Å²) in [6.45, 7) is 0.147. The first kappa shape index (κ1) is 13.7. The van der Waals surface area contributed by atoms with Crippen LogP contribution < -0.4 is 0 Å². The number of aromatic nitrogens is 2.